The van der Waals surface area contributed by atoms with Gasteiger partial charge in [-0.25, -0.2) is 0 Å². The standard InChI is InChI=1S/C56H105N13O15.C2H6/c1-40(52(57)76)17-9-12-25-61-50(74)38-83-33-32-82-30-28-63-51(75)39-84-34-31-81-29-27-62-48(72)22-16-21-47(71)60-24-13-10-18-43(54(78)64-26-14-11-20-46(59-8)53(58)77)35-45(70)19-15-23-49(73)67-44(36-65-55(4,5)41(2)68-79)37-66-56(6,7)42(3)69-80;1-2/h40,43-44,46,59,65-66,79-80H,9-39H2,1-8H3,(H2,57,76)(H2,58,77)(H,60,71)(H,61,74)(H,62,72)(H,63,75)(H,64,78)(H,67,73);1-2H3/b68-41+,69-42+;/t40-,43+,46-;/m0./s1. The molecule has 28 nitrogen and oxygen atoms in total. The number of ketones is 1. The SMILES string of the molecule is CC.CN[C@@H](CCCCNC(=O)[C@H](CCCCNC(=O)CCCC(=O)NCCOCCOCC(=O)NCCOCCOCC(=O)NCCCC[C@H](C)C(N)=O)CC(=O)CCCC(=O)NC(CNC(C)(C)/C(C)=N/O)CNC(C)(C)/C(C)=N/O)C(N)=O. The van der Waals surface area contributed by atoms with Crippen LogP contribution in [0.25, 0.3) is 0 Å². The van der Waals surface area contributed by atoms with Crippen molar-refractivity contribution in [1.82, 2.24) is 47.9 Å². The van der Waals surface area contributed by atoms with Crippen LogP contribution in [-0.2, 0) is 62.1 Å². The van der Waals surface area contributed by atoms with Crippen LogP contribution in [0.2, 0.25) is 0 Å². The lowest BCUT2D eigenvalue weighted by molar-refractivity contribution is -0.130. The van der Waals surface area contributed by atoms with Gasteiger partial charge in [-0.05, 0) is 106 Å². The number of nitrogens with zero attached hydrogens (tertiary/aromatic N) is 2. The van der Waals surface area contributed by atoms with Crippen LogP contribution >= 0.6 is 0 Å². The van der Waals surface area contributed by atoms with E-state index in [0.29, 0.717) is 95.5 Å². The largest absolute Gasteiger partial charge is 0.411 e. The van der Waals surface area contributed by atoms with Crippen molar-refractivity contribution in [1.29, 1.82) is 0 Å². The number of amides is 8. The van der Waals surface area contributed by atoms with Crippen molar-refractivity contribution >= 4 is 64.5 Å². The van der Waals surface area contributed by atoms with Gasteiger partial charge in [0.05, 0.1) is 74.2 Å². The van der Waals surface area contributed by atoms with E-state index in [4.69, 9.17) is 30.4 Å². The summed E-state index contributed by atoms with van der Waals surface area (Å²) in [7, 11) is 1.65. The van der Waals surface area contributed by atoms with E-state index < -0.39 is 35.0 Å². The maximum atomic E-state index is 13.4. The molecule has 0 aromatic rings. The van der Waals surface area contributed by atoms with Crippen LogP contribution in [0, 0.1) is 11.8 Å². The number of unbranched alkanes of at least 4 members (excludes halogenated alkanes) is 3. The summed E-state index contributed by atoms with van der Waals surface area (Å²) in [6.07, 6.45) is 6.36. The minimum atomic E-state index is -0.686. The average molecular weight is 1230 g/mol. The van der Waals surface area contributed by atoms with E-state index in [1.54, 1.807) is 27.8 Å². The highest BCUT2D eigenvalue weighted by Crippen LogP contribution is 2.17. The van der Waals surface area contributed by atoms with Crippen molar-refractivity contribution in [3.05, 3.63) is 0 Å². The number of hydrogen-bond donors (Lipinski definition) is 13. The third-order valence-corrected chi connectivity index (χ3v) is 14.0. The third kappa shape index (κ3) is 44.5. The van der Waals surface area contributed by atoms with E-state index in [1.807, 2.05) is 41.5 Å². The van der Waals surface area contributed by atoms with Crippen molar-refractivity contribution in [3.63, 3.8) is 0 Å². The molecule has 0 aliphatic rings. The molecule has 0 aromatic carbocycles. The van der Waals surface area contributed by atoms with Gasteiger partial charge in [0, 0.05) is 89.8 Å². The fraction of sp³-hybridized carbons (Fsp3) is 0.810. The summed E-state index contributed by atoms with van der Waals surface area (Å²) in [5, 5.41) is 51.7. The first kappa shape index (κ1) is 82.2. The van der Waals surface area contributed by atoms with Gasteiger partial charge >= 0.3 is 0 Å². The number of rotatable bonds is 54. The molecule has 0 rings (SSSR count). The molecular weight excluding hydrogens is 1120 g/mol. The highest BCUT2D eigenvalue weighted by molar-refractivity contribution is 5.91. The van der Waals surface area contributed by atoms with Crippen molar-refractivity contribution in [2.75, 3.05) is 106 Å². The number of hydrogen-bond acceptors (Lipinski definition) is 20. The number of likely N-dealkylation sites (N-methyl/N-ethyl adjacent to an activating group) is 1. The Morgan fingerprint density at radius 3 is 1.40 bits per heavy atom. The second-order valence-corrected chi connectivity index (χ2v) is 21.8. The second kappa shape index (κ2) is 51.2. The molecule has 3 atom stereocenters. The van der Waals surface area contributed by atoms with E-state index in [-0.39, 0.29) is 158 Å². The molecular formula is C58H111N13O15. The normalized spacial score (nSPS) is 12.9. The molecule has 0 unspecified atom stereocenters. The molecule has 15 N–H and O–H groups in total. The highest BCUT2D eigenvalue weighted by atomic mass is 16.5. The van der Waals surface area contributed by atoms with Gasteiger partial charge in [-0.2, -0.15) is 0 Å². The molecule has 86 heavy (non-hydrogen) atoms. The lowest BCUT2D eigenvalue weighted by atomic mass is 9.93. The first-order valence-electron chi connectivity index (χ1n) is 30.5. The molecule has 0 bridgehead atoms. The van der Waals surface area contributed by atoms with Gasteiger partial charge in [0.25, 0.3) is 0 Å². The lowest BCUT2D eigenvalue weighted by Gasteiger charge is -2.32. The molecule has 0 saturated heterocycles. The maximum absolute atomic E-state index is 13.4. The zero-order valence-electron chi connectivity index (χ0n) is 53.5. The molecule has 0 saturated carbocycles. The van der Waals surface area contributed by atoms with Crippen LogP contribution in [0.1, 0.15) is 165 Å². The van der Waals surface area contributed by atoms with Gasteiger partial charge in [0.2, 0.25) is 47.3 Å². The highest BCUT2D eigenvalue weighted by Gasteiger charge is 2.28. The van der Waals surface area contributed by atoms with E-state index >= 15 is 0 Å². The Labute approximate surface area is 510 Å². The van der Waals surface area contributed by atoms with E-state index in [9.17, 15) is 53.6 Å². The van der Waals surface area contributed by atoms with Crippen LogP contribution in [0.5, 0.6) is 0 Å². The minimum Gasteiger partial charge on any atom is -0.411 e. The number of carbonyl (C=O) groups is 9. The molecule has 0 spiro atoms. The second-order valence-electron chi connectivity index (χ2n) is 21.8. The number of nitrogens with one attached hydrogen (secondary N) is 9. The molecule has 0 heterocycles. The summed E-state index contributed by atoms with van der Waals surface area (Å²) in [4.78, 5) is 111. The molecule has 0 aromatic heterocycles. The van der Waals surface area contributed by atoms with Crippen molar-refractivity contribution in [3.8, 4) is 0 Å². The molecule has 498 valence electrons. The monoisotopic (exact) mass is 1230 g/mol. The van der Waals surface area contributed by atoms with Gasteiger partial charge in [-0.1, -0.05) is 43.9 Å². The maximum Gasteiger partial charge on any atom is 0.246 e. The Bertz CT molecular complexity index is 1980. The number of Topliss-reactive ketones (excluding diaryl/α,β-unsaturated/α-hetero) is 1. The summed E-state index contributed by atoms with van der Waals surface area (Å²) in [6, 6.07) is -0.915. The Hall–Kier alpha value is -5.91. The molecule has 0 fully saturated rings. The minimum absolute atomic E-state index is 0.0284. The smallest absolute Gasteiger partial charge is 0.246 e. The van der Waals surface area contributed by atoms with Crippen molar-refractivity contribution in [2.24, 2.45) is 33.6 Å². The first-order valence-corrected chi connectivity index (χ1v) is 30.5. The van der Waals surface area contributed by atoms with Gasteiger partial charge in [-0.3, -0.25) is 43.2 Å². The van der Waals surface area contributed by atoms with E-state index in [1.165, 1.54) is 0 Å². The number of nitrogens with two attached hydrogens (primary N) is 2. The number of ether oxygens (including phenoxy) is 4. The van der Waals surface area contributed by atoms with Crippen LogP contribution in [-0.4, -0.2) is 204 Å². The number of oxime groups is 2. The van der Waals surface area contributed by atoms with Crippen LogP contribution in [0.3, 0.4) is 0 Å². The third-order valence-electron chi connectivity index (χ3n) is 14.0. The Balaban J connectivity index is 0. The van der Waals surface area contributed by atoms with Crippen molar-refractivity contribution in [2.45, 2.75) is 188 Å². The van der Waals surface area contributed by atoms with Crippen LogP contribution in [0.15, 0.2) is 10.3 Å². The van der Waals surface area contributed by atoms with Crippen LogP contribution in [0.4, 0.5) is 0 Å². The molecule has 0 radical (unpaired) electrons. The summed E-state index contributed by atoms with van der Waals surface area (Å²) < 4.78 is 21.4. The Morgan fingerprint density at radius 2 is 0.919 bits per heavy atom. The predicted octanol–water partition coefficient (Wildman–Crippen LogP) is 1.20. The number of primary amides is 2. The molecule has 28 heteroatoms. The summed E-state index contributed by atoms with van der Waals surface area (Å²) >= 11 is 0. The lowest BCUT2D eigenvalue weighted by Crippen LogP contribution is -2.57. The number of carbonyl (C=O) groups excluding carboxylic acids is 9. The Morgan fingerprint density at radius 1 is 0.500 bits per heavy atom. The van der Waals surface area contributed by atoms with Gasteiger partial charge in [-0.15, -0.1) is 0 Å². The zero-order valence-corrected chi connectivity index (χ0v) is 53.5. The average Bonchev–Trinajstić information content (AvgIpc) is 3.69. The van der Waals surface area contributed by atoms with Gasteiger partial charge < -0.3 is 88.7 Å². The summed E-state index contributed by atoms with van der Waals surface area (Å²) in [5.41, 5.74) is 10.2. The fourth-order valence-electron chi connectivity index (χ4n) is 7.82. The summed E-state index contributed by atoms with van der Waals surface area (Å²) in [6.45, 7) is 19.8. The quantitative estimate of drug-likeness (QED) is 0.0176. The van der Waals surface area contributed by atoms with Crippen molar-refractivity contribution < 1.29 is 72.5 Å². The first-order chi connectivity index (χ1) is 40.9. The van der Waals surface area contributed by atoms with Gasteiger partial charge in [0.1, 0.15) is 19.0 Å². The zero-order chi connectivity index (χ0) is 65.2. The van der Waals surface area contributed by atoms with Crippen LogP contribution < -0.4 is 59.3 Å². The molecule has 8 amide bonds. The fourth-order valence-corrected chi connectivity index (χ4v) is 7.82. The summed E-state index contributed by atoms with van der Waals surface area (Å²) in [5.74, 6) is -3.37. The predicted molar refractivity (Wildman–Crippen MR) is 328 cm³/mol. The topological polar surface area (TPSA) is 416 Å². The Kier molecular flexibility index (Phi) is 48.9. The van der Waals surface area contributed by atoms with E-state index in [0.717, 1.165) is 12.8 Å². The molecule has 0 aliphatic carbocycles. The van der Waals surface area contributed by atoms with Gasteiger partial charge in [0.15, 0.2) is 0 Å². The van der Waals surface area contributed by atoms with E-state index in [2.05, 4.69) is 58.2 Å². The molecule has 0 aliphatic heterocycles.